The number of nitrogens with zero attached hydrogens (tertiary/aromatic N) is 1. The summed E-state index contributed by atoms with van der Waals surface area (Å²) in [5.74, 6) is 0.220. The van der Waals surface area contributed by atoms with E-state index in [1.54, 1.807) is 18.2 Å². The average molecular weight is 290 g/mol. The van der Waals surface area contributed by atoms with Gasteiger partial charge in [-0.2, -0.15) is 0 Å². The molecule has 3 aromatic rings. The summed E-state index contributed by atoms with van der Waals surface area (Å²) >= 11 is 0. The summed E-state index contributed by atoms with van der Waals surface area (Å²) in [5, 5.41) is 11.9. The number of aromatic nitrogens is 1. The van der Waals surface area contributed by atoms with Crippen molar-refractivity contribution in [2.45, 2.75) is 0 Å². The van der Waals surface area contributed by atoms with Crippen molar-refractivity contribution in [3.8, 4) is 16.9 Å². The molecule has 0 unspecified atom stereocenters. The van der Waals surface area contributed by atoms with E-state index in [0.717, 1.165) is 11.1 Å². The van der Waals surface area contributed by atoms with Gasteiger partial charge in [-0.1, -0.05) is 42.5 Å². The molecular formula is C18H14N2O2. The Bertz CT molecular complexity index is 766. The highest BCUT2D eigenvalue weighted by atomic mass is 16.3. The number of carbonyl (C=O) groups excluding carboxylic acids is 1. The van der Waals surface area contributed by atoms with Crippen molar-refractivity contribution in [1.29, 1.82) is 0 Å². The summed E-state index contributed by atoms with van der Waals surface area (Å²) < 4.78 is 0. The van der Waals surface area contributed by atoms with Crippen LogP contribution in [0.15, 0.2) is 72.9 Å². The smallest absolute Gasteiger partial charge is 0.256 e. The first-order chi connectivity index (χ1) is 10.7. The highest BCUT2D eigenvalue weighted by Gasteiger charge is 2.07. The van der Waals surface area contributed by atoms with Crippen molar-refractivity contribution in [2.75, 3.05) is 5.32 Å². The Morgan fingerprint density at radius 1 is 0.864 bits per heavy atom. The molecule has 0 aliphatic carbocycles. The summed E-state index contributed by atoms with van der Waals surface area (Å²) in [4.78, 5) is 16.1. The lowest BCUT2D eigenvalue weighted by molar-refractivity contribution is 0.102. The Labute approximate surface area is 128 Å². The second kappa shape index (κ2) is 6.10. The van der Waals surface area contributed by atoms with Gasteiger partial charge in [0.15, 0.2) is 0 Å². The van der Waals surface area contributed by atoms with E-state index in [2.05, 4.69) is 10.3 Å². The lowest BCUT2D eigenvalue weighted by Crippen LogP contribution is -2.12. The number of nitrogens with one attached hydrogen (secondary N) is 1. The summed E-state index contributed by atoms with van der Waals surface area (Å²) in [5.41, 5.74) is 2.71. The van der Waals surface area contributed by atoms with Crippen LogP contribution in [0.5, 0.6) is 5.75 Å². The number of carbonyl (C=O) groups is 1. The van der Waals surface area contributed by atoms with Crippen LogP contribution in [-0.2, 0) is 0 Å². The van der Waals surface area contributed by atoms with Crippen LogP contribution >= 0.6 is 0 Å². The van der Waals surface area contributed by atoms with Crippen LogP contribution in [0.3, 0.4) is 0 Å². The molecule has 1 heterocycles. The zero-order valence-electron chi connectivity index (χ0n) is 11.7. The molecule has 0 saturated heterocycles. The van der Waals surface area contributed by atoms with Gasteiger partial charge in [-0.15, -0.1) is 0 Å². The monoisotopic (exact) mass is 290 g/mol. The minimum atomic E-state index is -0.238. The van der Waals surface area contributed by atoms with Crippen molar-refractivity contribution in [2.24, 2.45) is 0 Å². The topological polar surface area (TPSA) is 62.2 Å². The number of rotatable bonds is 3. The zero-order valence-corrected chi connectivity index (χ0v) is 11.7. The molecule has 2 N–H and O–H groups in total. The highest BCUT2D eigenvalue weighted by Crippen LogP contribution is 2.19. The predicted octanol–water partition coefficient (Wildman–Crippen LogP) is 3.71. The predicted molar refractivity (Wildman–Crippen MR) is 85.7 cm³/mol. The molecule has 0 saturated carbocycles. The molecule has 0 aliphatic heterocycles. The first kappa shape index (κ1) is 13.8. The Morgan fingerprint density at radius 2 is 1.55 bits per heavy atom. The number of anilines is 1. The molecule has 4 heteroatoms. The van der Waals surface area contributed by atoms with E-state index in [-0.39, 0.29) is 11.7 Å². The fourth-order valence-electron chi connectivity index (χ4n) is 2.09. The van der Waals surface area contributed by atoms with Gasteiger partial charge in [0.2, 0.25) is 0 Å². The molecule has 0 radical (unpaired) electrons. The molecule has 0 aliphatic rings. The average Bonchev–Trinajstić information content (AvgIpc) is 2.58. The van der Waals surface area contributed by atoms with Gasteiger partial charge in [-0.3, -0.25) is 4.79 Å². The van der Waals surface area contributed by atoms with Crippen molar-refractivity contribution >= 4 is 11.7 Å². The van der Waals surface area contributed by atoms with Crippen LogP contribution in [0.4, 0.5) is 5.82 Å². The van der Waals surface area contributed by atoms with E-state index in [1.807, 2.05) is 42.5 Å². The number of hydrogen-bond acceptors (Lipinski definition) is 3. The summed E-state index contributed by atoms with van der Waals surface area (Å²) in [7, 11) is 0. The number of amides is 1. The van der Waals surface area contributed by atoms with Crippen molar-refractivity contribution < 1.29 is 9.90 Å². The van der Waals surface area contributed by atoms with E-state index in [0.29, 0.717) is 11.4 Å². The number of pyridine rings is 1. The summed E-state index contributed by atoms with van der Waals surface area (Å²) in [6.07, 6.45) is 1.29. The second-order valence-corrected chi connectivity index (χ2v) is 4.80. The first-order valence-electron chi connectivity index (χ1n) is 6.84. The van der Waals surface area contributed by atoms with Crippen LogP contribution < -0.4 is 5.32 Å². The molecule has 108 valence electrons. The molecular weight excluding hydrogens is 276 g/mol. The first-order valence-corrected chi connectivity index (χ1v) is 6.84. The molecule has 0 fully saturated rings. The zero-order chi connectivity index (χ0) is 15.4. The third kappa shape index (κ3) is 3.12. The number of benzene rings is 2. The summed E-state index contributed by atoms with van der Waals surface area (Å²) in [6, 6.07) is 20.4. The van der Waals surface area contributed by atoms with Crippen molar-refractivity contribution in [1.82, 2.24) is 4.98 Å². The van der Waals surface area contributed by atoms with Crippen LogP contribution in [0, 0.1) is 0 Å². The molecule has 22 heavy (non-hydrogen) atoms. The van der Waals surface area contributed by atoms with Gasteiger partial charge in [0, 0.05) is 5.56 Å². The third-order valence-corrected chi connectivity index (χ3v) is 3.24. The maximum atomic E-state index is 12.1. The SMILES string of the molecule is O=C(Nc1ccc(O)cn1)c1ccc(-c2ccccc2)cc1. The minimum Gasteiger partial charge on any atom is -0.506 e. The van der Waals surface area contributed by atoms with Crippen LogP contribution in [0.25, 0.3) is 11.1 Å². The standard InChI is InChI=1S/C18H14N2O2/c21-16-10-11-17(19-12-16)20-18(22)15-8-6-14(7-9-15)13-4-2-1-3-5-13/h1-12,21H,(H,19,20,22). The minimum absolute atomic E-state index is 0.0604. The van der Waals surface area contributed by atoms with Gasteiger partial charge in [-0.25, -0.2) is 4.98 Å². The Morgan fingerprint density at radius 3 is 2.18 bits per heavy atom. The van der Waals surface area contributed by atoms with Gasteiger partial charge in [0.05, 0.1) is 6.20 Å². The van der Waals surface area contributed by atoms with Crippen LogP contribution in [0.2, 0.25) is 0 Å². The molecule has 2 aromatic carbocycles. The van der Waals surface area contributed by atoms with Gasteiger partial charge < -0.3 is 10.4 Å². The quantitative estimate of drug-likeness (QED) is 0.773. The van der Waals surface area contributed by atoms with Crippen molar-refractivity contribution in [3.05, 3.63) is 78.5 Å². The fourth-order valence-corrected chi connectivity index (χ4v) is 2.09. The van der Waals surface area contributed by atoms with Gasteiger partial charge >= 0.3 is 0 Å². The second-order valence-electron chi connectivity index (χ2n) is 4.80. The number of aromatic hydroxyl groups is 1. The van der Waals surface area contributed by atoms with E-state index in [1.165, 1.54) is 12.3 Å². The Kier molecular flexibility index (Phi) is 3.83. The van der Waals surface area contributed by atoms with E-state index < -0.39 is 0 Å². The van der Waals surface area contributed by atoms with E-state index >= 15 is 0 Å². The molecule has 0 bridgehead atoms. The molecule has 4 nitrogen and oxygen atoms in total. The van der Waals surface area contributed by atoms with Gasteiger partial charge in [0.25, 0.3) is 5.91 Å². The molecule has 0 spiro atoms. The maximum Gasteiger partial charge on any atom is 0.256 e. The van der Waals surface area contributed by atoms with Gasteiger partial charge in [-0.05, 0) is 35.4 Å². The van der Waals surface area contributed by atoms with E-state index in [9.17, 15) is 9.90 Å². The van der Waals surface area contributed by atoms with Crippen LogP contribution in [-0.4, -0.2) is 16.0 Å². The van der Waals surface area contributed by atoms with E-state index in [4.69, 9.17) is 0 Å². The Balaban J connectivity index is 1.75. The molecule has 1 amide bonds. The Hall–Kier alpha value is -3.14. The number of hydrogen-bond donors (Lipinski definition) is 2. The maximum absolute atomic E-state index is 12.1. The largest absolute Gasteiger partial charge is 0.506 e. The van der Waals surface area contributed by atoms with Gasteiger partial charge in [0.1, 0.15) is 11.6 Å². The van der Waals surface area contributed by atoms with Crippen LogP contribution in [0.1, 0.15) is 10.4 Å². The fraction of sp³-hybridized carbons (Fsp3) is 0. The lowest BCUT2D eigenvalue weighted by atomic mass is 10.0. The third-order valence-electron chi connectivity index (χ3n) is 3.24. The lowest BCUT2D eigenvalue weighted by Gasteiger charge is -2.06. The molecule has 1 aromatic heterocycles. The molecule has 0 atom stereocenters. The molecule has 3 rings (SSSR count). The highest BCUT2D eigenvalue weighted by molar-refractivity contribution is 6.04. The normalized spacial score (nSPS) is 10.2. The van der Waals surface area contributed by atoms with Crippen molar-refractivity contribution in [3.63, 3.8) is 0 Å². The summed E-state index contributed by atoms with van der Waals surface area (Å²) in [6.45, 7) is 0.